The van der Waals surface area contributed by atoms with Crippen molar-refractivity contribution in [3.63, 3.8) is 0 Å². The molecular formula is C23H31N3O3. The number of methoxy groups -OCH3 is 2. The van der Waals surface area contributed by atoms with E-state index in [0.717, 1.165) is 30.0 Å². The average molecular weight is 398 g/mol. The van der Waals surface area contributed by atoms with Crippen LogP contribution in [0.5, 0.6) is 11.5 Å². The maximum Gasteiger partial charge on any atom is 0.321 e. The Kier molecular flexibility index (Phi) is 6.52. The van der Waals surface area contributed by atoms with Crippen LogP contribution in [0.25, 0.3) is 0 Å². The van der Waals surface area contributed by atoms with Crippen LogP contribution in [0.1, 0.15) is 30.9 Å². The van der Waals surface area contributed by atoms with E-state index in [-0.39, 0.29) is 6.03 Å². The molecule has 156 valence electrons. The summed E-state index contributed by atoms with van der Waals surface area (Å²) in [5.74, 6) is 1.78. The first-order valence-electron chi connectivity index (χ1n) is 10.1. The Morgan fingerprint density at radius 2 is 1.69 bits per heavy atom. The van der Waals surface area contributed by atoms with E-state index in [2.05, 4.69) is 30.1 Å². The number of piperazine rings is 1. The lowest BCUT2D eigenvalue weighted by atomic mass is 9.98. The van der Waals surface area contributed by atoms with Crippen molar-refractivity contribution in [1.29, 1.82) is 0 Å². The molecule has 1 saturated heterocycles. The van der Waals surface area contributed by atoms with Crippen LogP contribution in [0, 0.1) is 6.92 Å². The second-order valence-electron chi connectivity index (χ2n) is 7.64. The second kappa shape index (κ2) is 9.07. The fourth-order valence-corrected chi connectivity index (χ4v) is 3.72. The molecule has 1 heterocycles. The number of aryl methyl sites for hydroxylation is 1. The molecule has 1 aliphatic rings. The first-order chi connectivity index (χ1) is 13.9. The Balaban J connectivity index is 1.65. The number of amides is 2. The summed E-state index contributed by atoms with van der Waals surface area (Å²) in [7, 11) is 3.27. The van der Waals surface area contributed by atoms with Crippen molar-refractivity contribution in [3.05, 3.63) is 47.5 Å². The maximum absolute atomic E-state index is 12.9. The number of ether oxygens (including phenoxy) is 2. The van der Waals surface area contributed by atoms with Crippen molar-refractivity contribution in [2.45, 2.75) is 26.7 Å². The average Bonchev–Trinajstić information content (AvgIpc) is 2.74. The minimum Gasteiger partial charge on any atom is -0.493 e. The molecule has 1 fully saturated rings. The molecule has 6 nitrogen and oxygen atoms in total. The van der Waals surface area contributed by atoms with Crippen molar-refractivity contribution in [3.8, 4) is 11.5 Å². The molecule has 0 saturated carbocycles. The summed E-state index contributed by atoms with van der Waals surface area (Å²) in [6.45, 7) is 9.21. The molecule has 0 aliphatic carbocycles. The van der Waals surface area contributed by atoms with Gasteiger partial charge in [0, 0.05) is 43.6 Å². The highest BCUT2D eigenvalue weighted by Gasteiger charge is 2.23. The van der Waals surface area contributed by atoms with E-state index < -0.39 is 0 Å². The zero-order valence-corrected chi connectivity index (χ0v) is 18.0. The first-order valence-corrected chi connectivity index (χ1v) is 10.1. The van der Waals surface area contributed by atoms with Crippen molar-refractivity contribution in [2.75, 3.05) is 50.6 Å². The van der Waals surface area contributed by atoms with E-state index >= 15 is 0 Å². The fourth-order valence-electron chi connectivity index (χ4n) is 3.72. The van der Waals surface area contributed by atoms with Gasteiger partial charge in [0.25, 0.3) is 0 Å². The zero-order chi connectivity index (χ0) is 21.0. The van der Waals surface area contributed by atoms with E-state index in [4.69, 9.17) is 9.47 Å². The summed E-state index contributed by atoms with van der Waals surface area (Å²) in [5, 5.41) is 3.15. The molecule has 0 aromatic heterocycles. The Hall–Kier alpha value is -2.89. The first kappa shape index (κ1) is 20.8. The van der Waals surface area contributed by atoms with Gasteiger partial charge in [-0.1, -0.05) is 32.0 Å². The minimum absolute atomic E-state index is 0.0341. The third kappa shape index (κ3) is 4.58. The number of nitrogens with one attached hydrogen (secondary N) is 1. The highest BCUT2D eigenvalue weighted by Crippen LogP contribution is 2.32. The van der Waals surface area contributed by atoms with Gasteiger partial charge >= 0.3 is 6.03 Å². The normalized spacial score (nSPS) is 14.1. The van der Waals surface area contributed by atoms with Crippen molar-refractivity contribution in [2.24, 2.45) is 0 Å². The predicted octanol–water partition coefficient (Wildman–Crippen LogP) is 4.49. The van der Waals surface area contributed by atoms with E-state index in [1.165, 1.54) is 5.56 Å². The summed E-state index contributed by atoms with van der Waals surface area (Å²) in [5.41, 5.74) is 4.27. The molecule has 0 unspecified atom stereocenters. The monoisotopic (exact) mass is 397 g/mol. The summed E-state index contributed by atoms with van der Waals surface area (Å²) in [4.78, 5) is 17.0. The number of urea groups is 1. The second-order valence-corrected chi connectivity index (χ2v) is 7.64. The molecule has 2 amide bonds. The third-order valence-corrected chi connectivity index (χ3v) is 5.46. The number of hydrogen-bond donors (Lipinski definition) is 1. The number of carbonyl (C=O) groups excluding carboxylic acids is 1. The molecule has 6 heteroatoms. The van der Waals surface area contributed by atoms with E-state index in [9.17, 15) is 4.79 Å². The molecular weight excluding hydrogens is 366 g/mol. The zero-order valence-electron chi connectivity index (χ0n) is 18.0. The quantitative estimate of drug-likeness (QED) is 0.808. The minimum atomic E-state index is -0.0341. The molecule has 0 radical (unpaired) electrons. The van der Waals surface area contributed by atoms with Crippen molar-refractivity contribution in [1.82, 2.24) is 4.90 Å². The number of benzene rings is 2. The highest BCUT2D eigenvalue weighted by atomic mass is 16.5. The van der Waals surface area contributed by atoms with Crippen LogP contribution < -0.4 is 19.7 Å². The topological polar surface area (TPSA) is 54.0 Å². The lowest BCUT2D eigenvalue weighted by Gasteiger charge is -2.36. The van der Waals surface area contributed by atoms with Gasteiger partial charge in [-0.25, -0.2) is 4.79 Å². The van der Waals surface area contributed by atoms with Gasteiger partial charge in [-0.05, 0) is 36.1 Å². The molecule has 1 aliphatic heterocycles. The number of nitrogens with zero attached hydrogens (tertiary/aromatic N) is 2. The van der Waals surface area contributed by atoms with E-state index in [1.54, 1.807) is 14.2 Å². The predicted molar refractivity (Wildman–Crippen MR) is 118 cm³/mol. The number of para-hydroxylation sites is 1. The number of hydrogen-bond acceptors (Lipinski definition) is 4. The molecule has 3 rings (SSSR count). The summed E-state index contributed by atoms with van der Waals surface area (Å²) in [6, 6.07) is 12.1. The number of rotatable bonds is 5. The molecule has 0 bridgehead atoms. The maximum atomic E-state index is 12.9. The van der Waals surface area contributed by atoms with Crippen LogP contribution in [0.15, 0.2) is 36.4 Å². The molecule has 0 spiro atoms. The van der Waals surface area contributed by atoms with Gasteiger partial charge in [0.2, 0.25) is 0 Å². The van der Waals surface area contributed by atoms with Gasteiger partial charge in [-0.3, -0.25) is 0 Å². The largest absolute Gasteiger partial charge is 0.493 e. The molecule has 2 aromatic carbocycles. The van der Waals surface area contributed by atoms with Crippen LogP contribution in [0.3, 0.4) is 0 Å². The van der Waals surface area contributed by atoms with Crippen molar-refractivity contribution >= 4 is 17.4 Å². The lowest BCUT2D eigenvalue weighted by molar-refractivity contribution is 0.208. The van der Waals surface area contributed by atoms with Crippen LogP contribution >= 0.6 is 0 Å². The number of carbonyl (C=O) groups is 1. The van der Waals surface area contributed by atoms with Gasteiger partial charge in [0.1, 0.15) is 0 Å². The summed E-state index contributed by atoms with van der Waals surface area (Å²) in [6.07, 6.45) is 0. The van der Waals surface area contributed by atoms with Crippen LogP contribution in [0.2, 0.25) is 0 Å². The van der Waals surface area contributed by atoms with Gasteiger partial charge in [-0.15, -0.1) is 0 Å². The van der Waals surface area contributed by atoms with E-state index in [0.29, 0.717) is 30.5 Å². The Bertz CT molecular complexity index is 858. The standard InChI is InChI=1S/C23H31N3O3/c1-16(2)19-8-6-7-17(3)22(19)24-23(27)26-13-11-25(12-14-26)18-9-10-20(28-4)21(15-18)29-5/h6-10,15-16H,11-14H2,1-5H3,(H,24,27). The van der Waals surface area contributed by atoms with Gasteiger partial charge in [0.05, 0.1) is 14.2 Å². The third-order valence-electron chi connectivity index (χ3n) is 5.46. The van der Waals surface area contributed by atoms with Crippen LogP contribution in [-0.2, 0) is 0 Å². The van der Waals surface area contributed by atoms with Crippen LogP contribution in [0.4, 0.5) is 16.2 Å². The van der Waals surface area contributed by atoms with Gasteiger partial charge in [-0.2, -0.15) is 0 Å². The molecule has 29 heavy (non-hydrogen) atoms. The fraction of sp³-hybridized carbons (Fsp3) is 0.435. The highest BCUT2D eigenvalue weighted by molar-refractivity contribution is 5.91. The number of anilines is 2. The van der Waals surface area contributed by atoms with Gasteiger partial charge < -0.3 is 24.6 Å². The Morgan fingerprint density at radius 3 is 2.31 bits per heavy atom. The Labute approximate surface area is 173 Å². The lowest BCUT2D eigenvalue weighted by Crippen LogP contribution is -2.50. The van der Waals surface area contributed by atoms with Crippen LogP contribution in [-0.4, -0.2) is 51.3 Å². The molecule has 0 atom stereocenters. The Morgan fingerprint density at radius 1 is 1.00 bits per heavy atom. The molecule has 2 aromatic rings. The smallest absolute Gasteiger partial charge is 0.321 e. The van der Waals surface area contributed by atoms with Gasteiger partial charge in [0.15, 0.2) is 11.5 Å². The van der Waals surface area contributed by atoms with E-state index in [1.807, 2.05) is 42.2 Å². The summed E-state index contributed by atoms with van der Waals surface area (Å²) >= 11 is 0. The molecule has 1 N–H and O–H groups in total. The SMILES string of the molecule is COc1ccc(N2CCN(C(=O)Nc3c(C)cccc3C(C)C)CC2)cc1OC. The summed E-state index contributed by atoms with van der Waals surface area (Å²) < 4.78 is 10.7. The van der Waals surface area contributed by atoms with Crippen molar-refractivity contribution < 1.29 is 14.3 Å².